The van der Waals surface area contributed by atoms with Crippen LogP contribution in [0.1, 0.15) is 174 Å². The van der Waals surface area contributed by atoms with Crippen LogP contribution >= 0.6 is 21.6 Å². The SMILES string of the molecule is CCCCCCCCCCCCC[N+](C)(C)CCCC(=O)NCCSSCCNC(=O)CCC[N+](C)(C)CCCCCCCCCCCC. The molecule has 292 valence electrons. The van der Waals surface area contributed by atoms with E-state index in [2.05, 4.69) is 52.7 Å². The molecule has 0 aromatic heterocycles. The second-order valence-electron chi connectivity index (χ2n) is 16.0. The number of hydrogen-bond acceptors (Lipinski definition) is 4. The number of carbonyl (C=O) groups excluding carboxylic acids is 2. The molecule has 0 aliphatic rings. The van der Waals surface area contributed by atoms with E-state index in [1.54, 1.807) is 21.6 Å². The molecule has 0 unspecified atom stereocenters. The maximum atomic E-state index is 12.3. The lowest BCUT2D eigenvalue weighted by molar-refractivity contribution is -0.890. The van der Waals surface area contributed by atoms with Gasteiger partial charge in [-0.2, -0.15) is 0 Å². The van der Waals surface area contributed by atoms with E-state index in [0.29, 0.717) is 25.9 Å². The van der Waals surface area contributed by atoms with Gasteiger partial charge in [0.15, 0.2) is 0 Å². The van der Waals surface area contributed by atoms with Crippen molar-refractivity contribution >= 4 is 33.4 Å². The van der Waals surface area contributed by atoms with E-state index in [-0.39, 0.29) is 11.8 Å². The average molecular weight is 731 g/mol. The van der Waals surface area contributed by atoms with Gasteiger partial charge in [-0.25, -0.2) is 0 Å². The zero-order chi connectivity index (χ0) is 36.3. The van der Waals surface area contributed by atoms with E-state index < -0.39 is 0 Å². The highest BCUT2D eigenvalue weighted by Gasteiger charge is 2.16. The number of nitrogens with zero attached hydrogens (tertiary/aromatic N) is 2. The summed E-state index contributed by atoms with van der Waals surface area (Å²) < 4.78 is 2.04. The van der Waals surface area contributed by atoms with Crippen LogP contribution in [-0.4, -0.2) is 99.7 Å². The Bertz CT molecular complexity index is 751. The number of hydrogen-bond donors (Lipinski definition) is 2. The summed E-state index contributed by atoms with van der Waals surface area (Å²) in [6, 6.07) is 0. The molecule has 0 aromatic rings. The minimum atomic E-state index is 0.178. The van der Waals surface area contributed by atoms with Gasteiger partial charge in [0, 0.05) is 50.3 Å². The zero-order valence-electron chi connectivity index (χ0n) is 33.9. The van der Waals surface area contributed by atoms with E-state index in [9.17, 15) is 9.59 Å². The van der Waals surface area contributed by atoms with Crippen molar-refractivity contribution in [2.45, 2.75) is 174 Å². The number of quaternary nitrogens is 2. The Balaban J connectivity index is 3.58. The van der Waals surface area contributed by atoms with Crippen LogP contribution in [-0.2, 0) is 9.59 Å². The van der Waals surface area contributed by atoms with E-state index in [1.165, 1.54) is 148 Å². The Labute approximate surface area is 314 Å². The molecular formula is C41H86N4O2S2+2. The van der Waals surface area contributed by atoms with Crippen LogP contribution in [0.15, 0.2) is 0 Å². The van der Waals surface area contributed by atoms with E-state index >= 15 is 0 Å². The summed E-state index contributed by atoms with van der Waals surface area (Å²) in [5, 5.41) is 6.17. The van der Waals surface area contributed by atoms with Crippen molar-refractivity contribution in [2.75, 3.05) is 79.0 Å². The molecule has 0 saturated heterocycles. The van der Waals surface area contributed by atoms with Crippen LogP contribution in [0.5, 0.6) is 0 Å². The predicted octanol–water partition coefficient (Wildman–Crippen LogP) is 10.5. The molecule has 0 fully saturated rings. The molecule has 0 aliphatic heterocycles. The molecule has 0 spiro atoms. The second kappa shape index (κ2) is 34.6. The Morgan fingerprint density at radius 3 is 0.980 bits per heavy atom. The van der Waals surface area contributed by atoms with Gasteiger partial charge in [-0.1, -0.05) is 145 Å². The quantitative estimate of drug-likeness (QED) is 0.0377. The van der Waals surface area contributed by atoms with Crippen molar-refractivity contribution in [3.05, 3.63) is 0 Å². The maximum absolute atomic E-state index is 12.3. The van der Waals surface area contributed by atoms with Crippen LogP contribution in [0, 0.1) is 0 Å². The highest BCUT2D eigenvalue weighted by molar-refractivity contribution is 8.76. The number of amides is 2. The van der Waals surface area contributed by atoms with Crippen molar-refractivity contribution in [2.24, 2.45) is 0 Å². The third-order valence-corrected chi connectivity index (χ3v) is 12.3. The lowest BCUT2D eigenvalue weighted by Crippen LogP contribution is -2.41. The number of rotatable bonds is 38. The summed E-state index contributed by atoms with van der Waals surface area (Å²) in [5.74, 6) is 2.16. The molecule has 2 amide bonds. The summed E-state index contributed by atoms with van der Waals surface area (Å²) >= 11 is 0. The van der Waals surface area contributed by atoms with Gasteiger partial charge in [-0.15, -0.1) is 0 Å². The van der Waals surface area contributed by atoms with Gasteiger partial charge >= 0.3 is 0 Å². The van der Waals surface area contributed by atoms with Gasteiger partial charge in [-0.05, 0) is 25.7 Å². The monoisotopic (exact) mass is 731 g/mol. The first-order valence-corrected chi connectivity index (χ1v) is 23.5. The Morgan fingerprint density at radius 1 is 0.408 bits per heavy atom. The highest BCUT2D eigenvalue weighted by atomic mass is 33.1. The summed E-state index contributed by atoms with van der Waals surface area (Å²) in [6.45, 7) is 10.6. The molecule has 0 aliphatic carbocycles. The van der Waals surface area contributed by atoms with E-state index in [4.69, 9.17) is 0 Å². The van der Waals surface area contributed by atoms with Crippen molar-refractivity contribution in [3.8, 4) is 0 Å². The van der Waals surface area contributed by atoms with Crippen LogP contribution in [0.4, 0.5) is 0 Å². The number of nitrogens with one attached hydrogen (secondary N) is 2. The molecular weight excluding hydrogens is 645 g/mol. The highest BCUT2D eigenvalue weighted by Crippen LogP contribution is 2.19. The fourth-order valence-electron chi connectivity index (χ4n) is 6.55. The predicted molar refractivity (Wildman–Crippen MR) is 221 cm³/mol. The summed E-state index contributed by atoms with van der Waals surface area (Å²) in [7, 11) is 12.8. The first kappa shape index (κ1) is 48.6. The van der Waals surface area contributed by atoms with Gasteiger partial charge in [0.05, 0.1) is 54.4 Å². The first-order valence-electron chi connectivity index (χ1n) is 21.0. The van der Waals surface area contributed by atoms with E-state index in [1.807, 2.05) is 0 Å². The topological polar surface area (TPSA) is 58.2 Å². The van der Waals surface area contributed by atoms with Gasteiger partial charge in [-0.3, -0.25) is 9.59 Å². The Morgan fingerprint density at radius 2 is 0.673 bits per heavy atom. The van der Waals surface area contributed by atoms with Gasteiger partial charge in [0.2, 0.25) is 11.8 Å². The first-order chi connectivity index (χ1) is 23.6. The molecule has 0 heterocycles. The van der Waals surface area contributed by atoms with Crippen LogP contribution in [0.25, 0.3) is 0 Å². The molecule has 0 aromatic carbocycles. The third kappa shape index (κ3) is 37.1. The van der Waals surface area contributed by atoms with Crippen LogP contribution < -0.4 is 10.6 Å². The maximum Gasteiger partial charge on any atom is 0.220 e. The fourth-order valence-corrected chi connectivity index (χ4v) is 8.36. The fraction of sp³-hybridized carbons (Fsp3) is 0.951. The number of unbranched alkanes of at least 4 members (excludes halogenated alkanes) is 19. The molecule has 0 atom stereocenters. The molecule has 8 heteroatoms. The minimum Gasteiger partial charge on any atom is -0.355 e. The van der Waals surface area contributed by atoms with Crippen molar-refractivity contribution < 1.29 is 18.6 Å². The molecule has 2 N–H and O–H groups in total. The zero-order valence-corrected chi connectivity index (χ0v) is 35.5. The van der Waals surface area contributed by atoms with Gasteiger partial charge in [0.25, 0.3) is 0 Å². The summed E-state index contributed by atoms with van der Waals surface area (Å²) in [6.07, 6.45) is 32.2. The second-order valence-corrected chi connectivity index (χ2v) is 18.7. The van der Waals surface area contributed by atoms with Crippen molar-refractivity contribution in [1.82, 2.24) is 10.6 Å². The molecule has 6 nitrogen and oxygen atoms in total. The molecule has 0 radical (unpaired) electrons. The minimum absolute atomic E-state index is 0.178. The standard InChI is InChI=1S/C41H84N4O2S2/c1-7-9-11-13-15-17-19-21-23-25-27-35-45(5,6)37-29-31-41(47)43-33-39-49-48-38-32-42-40(46)30-28-36-44(3,4)34-26-24-22-20-18-16-14-12-10-8-2/h7-39H2,1-6H3/p+2. The van der Waals surface area contributed by atoms with Gasteiger partial charge < -0.3 is 19.6 Å². The normalized spacial score (nSPS) is 12.0. The smallest absolute Gasteiger partial charge is 0.220 e. The average Bonchev–Trinajstić information content (AvgIpc) is 3.05. The Hall–Kier alpha value is -0.440. The van der Waals surface area contributed by atoms with E-state index in [0.717, 1.165) is 46.4 Å². The lowest BCUT2D eigenvalue weighted by Gasteiger charge is -2.29. The molecule has 0 rings (SSSR count). The number of carbonyl (C=O) groups is 2. The Kier molecular flexibility index (Phi) is 34.3. The van der Waals surface area contributed by atoms with Crippen LogP contribution in [0.3, 0.4) is 0 Å². The van der Waals surface area contributed by atoms with Crippen molar-refractivity contribution in [1.29, 1.82) is 0 Å². The van der Waals surface area contributed by atoms with Crippen molar-refractivity contribution in [3.63, 3.8) is 0 Å². The van der Waals surface area contributed by atoms with Gasteiger partial charge in [0.1, 0.15) is 0 Å². The largest absolute Gasteiger partial charge is 0.355 e. The molecule has 0 saturated carbocycles. The molecule has 0 bridgehead atoms. The summed E-state index contributed by atoms with van der Waals surface area (Å²) in [5.41, 5.74) is 0. The lowest BCUT2D eigenvalue weighted by atomic mass is 10.1. The van der Waals surface area contributed by atoms with Crippen LogP contribution in [0.2, 0.25) is 0 Å². The third-order valence-electron chi connectivity index (χ3n) is 9.92. The summed E-state index contributed by atoms with van der Waals surface area (Å²) in [4.78, 5) is 24.6. The molecule has 49 heavy (non-hydrogen) atoms.